The Morgan fingerprint density at radius 3 is 2.70 bits per heavy atom. The number of carbonyl (C=O) groups excluding carboxylic acids is 1. The summed E-state index contributed by atoms with van der Waals surface area (Å²) in [6.07, 6.45) is 3.49. The summed E-state index contributed by atoms with van der Waals surface area (Å²) >= 11 is 0. The van der Waals surface area contributed by atoms with E-state index in [1.807, 2.05) is 32.0 Å². The summed E-state index contributed by atoms with van der Waals surface area (Å²) in [6.45, 7) is 5.67. The van der Waals surface area contributed by atoms with Crippen LogP contribution in [0.4, 0.5) is 0 Å². The molecule has 0 aliphatic rings. The van der Waals surface area contributed by atoms with Gasteiger partial charge in [0.1, 0.15) is 0 Å². The second kappa shape index (κ2) is 6.95. The lowest BCUT2D eigenvalue weighted by Crippen LogP contribution is -2.23. The molecule has 0 saturated heterocycles. The molecule has 0 unspecified atom stereocenters. The molecule has 0 atom stereocenters. The minimum Gasteiger partial charge on any atom is -0.356 e. The lowest BCUT2D eigenvalue weighted by molar-refractivity contribution is -0.118. The molecule has 7 heteroatoms. The van der Waals surface area contributed by atoms with E-state index >= 15 is 0 Å². The van der Waals surface area contributed by atoms with Crippen molar-refractivity contribution in [2.24, 2.45) is 0 Å². The van der Waals surface area contributed by atoms with E-state index in [-0.39, 0.29) is 16.8 Å². The van der Waals surface area contributed by atoms with Gasteiger partial charge in [0.05, 0.1) is 11.4 Å². The van der Waals surface area contributed by atoms with Crippen LogP contribution in [0.25, 0.3) is 5.69 Å². The Bertz CT molecular complexity index is 810. The number of sulfone groups is 1. The molecule has 0 saturated carbocycles. The number of amides is 1. The summed E-state index contributed by atoms with van der Waals surface area (Å²) in [5.41, 5.74) is 2.90. The lowest BCUT2D eigenvalue weighted by Gasteiger charge is -2.12. The van der Waals surface area contributed by atoms with Gasteiger partial charge in [-0.25, -0.2) is 13.4 Å². The number of hydrogen-bond donors (Lipinski definition) is 1. The van der Waals surface area contributed by atoms with E-state index in [0.29, 0.717) is 13.0 Å². The number of imidazole rings is 1. The van der Waals surface area contributed by atoms with Gasteiger partial charge < -0.3 is 5.32 Å². The average Bonchev–Trinajstić information content (AvgIpc) is 2.93. The van der Waals surface area contributed by atoms with Crippen LogP contribution in [-0.4, -0.2) is 36.2 Å². The topological polar surface area (TPSA) is 81.1 Å². The van der Waals surface area contributed by atoms with Gasteiger partial charge in [0.25, 0.3) is 0 Å². The normalized spacial score (nSPS) is 11.4. The van der Waals surface area contributed by atoms with Crippen molar-refractivity contribution in [1.29, 1.82) is 0 Å². The largest absolute Gasteiger partial charge is 0.356 e. The third-order valence-corrected chi connectivity index (χ3v) is 5.15. The van der Waals surface area contributed by atoms with Gasteiger partial charge in [0, 0.05) is 25.9 Å². The SMILES string of the molecule is CC(=O)NCCCS(=O)(=O)c1nccn1-c1ccc(C)cc1C. The van der Waals surface area contributed by atoms with Crippen molar-refractivity contribution in [2.45, 2.75) is 32.3 Å². The first-order valence-corrected chi connectivity index (χ1v) is 9.04. The first-order valence-electron chi connectivity index (χ1n) is 7.39. The molecule has 2 rings (SSSR count). The monoisotopic (exact) mass is 335 g/mol. The van der Waals surface area contributed by atoms with Crippen molar-refractivity contribution in [1.82, 2.24) is 14.9 Å². The molecule has 1 heterocycles. The average molecular weight is 335 g/mol. The van der Waals surface area contributed by atoms with Crippen molar-refractivity contribution in [3.63, 3.8) is 0 Å². The van der Waals surface area contributed by atoms with Crippen molar-refractivity contribution in [2.75, 3.05) is 12.3 Å². The van der Waals surface area contributed by atoms with Gasteiger partial charge >= 0.3 is 0 Å². The Hall–Kier alpha value is -2.15. The summed E-state index contributed by atoms with van der Waals surface area (Å²) in [5.74, 6) is -0.228. The van der Waals surface area contributed by atoms with Crippen molar-refractivity contribution >= 4 is 15.7 Å². The summed E-state index contributed by atoms with van der Waals surface area (Å²) in [6, 6.07) is 5.83. The Balaban J connectivity index is 2.24. The lowest BCUT2D eigenvalue weighted by atomic mass is 10.1. The van der Waals surface area contributed by atoms with Crippen LogP contribution in [0.15, 0.2) is 35.7 Å². The van der Waals surface area contributed by atoms with Gasteiger partial charge in [0.2, 0.25) is 20.9 Å². The fourth-order valence-electron chi connectivity index (χ4n) is 2.40. The molecule has 0 aliphatic heterocycles. The molecule has 23 heavy (non-hydrogen) atoms. The molecule has 0 spiro atoms. The van der Waals surface area contributed by atoms with Crippen LogP contribution >= 0.6 is 0 Å². The van der Waals surface area contributed by atoms with Gasteiger partial charge in [-0.2, -0.15) is 0 Å². The number of benzene rings is 1. The third kappa shape index (κ3) is 4.19. The minimum absolute atomic E-state index is 0.0345. The summed E-state index contributed by atoms with van der Waals surface area (Å²) < 4.78 is 26.6. The molecule has 0 fully saturated rings. The predicted molar refractivity (Wildman–Crippen MR) is 88.4 cm³/mol. The van der Waals surface area contributed by atoms with Gasteiger partial charge in [-0.05, 0) is 31.9 Å². The van der Waals surface area contributed by atoms with Crippen LogP contribution in [0.1, 0.15) is 24.5 Å². The van der Waals surface area contributed by atoms with E-state index in [4.69, 9.17) is 0 Å². The second-order valence-corrected chi connectivity index (χ2v) is 7.53. The maximum absolute atomic E-state index is 12.5. The van der Waals surface area contributed by atoms with Gasteiger partial charge in [0.15, 0.2) is 0 Å². The Kier molecular flexibility index (Phi) is 5.20. The quantitative estimate of drug-likeness (QED) is 0.816. The Morgan fingerprint density at radius 1 is 1.30 bits per heavy atom. The van der Waals surface area contributed by atoms with Crippen molar-refractivity contribution in [3.05, 3.63) is 41.7 Å². The first kappa shape index (κ1) is 17.2. The van der Waals surface area contributed by atoms with E-state index in [1.165, 1.54) is 13.1 Å². The third-order valence-electron chi connectivity index (χ3n) is 3.46. The molecular formula is C16H21N3O3S. The number of rotatable bonds is 6. The molecule has 1 amide bonds. The number of aromatic nitrogens is 2. The first-order chi connectivity index (χ1) is 10.8. The molecule has 0 bridgehead atoms. The van der Waals surface area contributed by atoms with E-state index in [2.05, 4.69) is 10.3 Å². The van der Waals surface area contributed by atoms with Gasteiger partial charge in [-0.15, -0.1) is 0 Å². The Labute approximate surface area is 136 Å². The highest BCUT2D eigenvalue weighted by Gasteiger charge is 2.21. The fourth-order valence-corrected chi connectivity index (χ4v) is 3.78. The van der Waals surface area contributed by atoms with E-state index in [0.717, 1.165) is 16.8 Å². The molecular weight excluding hydrogens is 314 g/mol. The van der Waals surface area contributed by atoms with Crippen molar-refractivity contribution < 1.29 is 13.2 Å². The number of aryl methyl sites for hydroxylation is 2. The summed E-state index contributed by atoms with van der Waals surface area (Å²) in [4.78, 5) is 14.9. The molecule has 0 radical (unpaired) electrons. The maximum atomic E-state index is 12.5. The molecule has 6 nitrogen and oxygen atoms in total. The standard InChI is InChI=1S/C16H21N3O3S/c1-12-5-6-15(13(2)11-12)19-9-8-18-16(19)23(21,22)10-4-7-17-14(3)20/h5-6,8-9,11H,4,7,10H2,1-3H3,(H,17,20). The van der Waals surface area contributed by atoms with Crippen LogP contribution in [-0.2, 0) is 14.6 Å². The molecule has 1 aromatic carbocycles. The van der Waals surface area contributed by atoms with Crippen LogP contribution in [0.5, 0.6) is 0 Å². The van der Waals surface area contributed by atoms with Crippen LogP contribution in [0.2, 0.25) is 0 Å². The van der Waals surface area contributed by atoms with Crippen LogP contribution < -0.4 is 5.32 Å². The zero-order valence-corrected chi connectivity index (χ0v) is 14.4. The number of hydrogen-bond acceptors (Lipinski definition) is 4. The van der Waals surface area contributed by atoms with Crippen LogP contribution in [0.3, 0.4) is 0 Å². The maximum Gasteiger partial charge on any atom is 0.232 e. The zero-order chi connectivity index (χ0) is 17.0. The molecule has 1 aromatic heterocycles. The Morgan fingerprint density at radius 2 is 2.04 bits per heavy atom. The smallest absolute Gasteiger partial charge is 0.232 e. The molecule has 1 N–H and O–H groups in total. The predicted octanol–water partition coefficient (Wildman–Crippen LogP) is 1.79. The highest BCUT2D eigenvalue weighted by Crippen LogP contribution is 2.20. The summed E-state index contributed by atoms with van der Waals surface area (Å²) in [7, 11) is -3.52. The summed E-state index contributed by atoms with van der Waals surface area (Å²) in [5, 5.41) is 2.63. The highest BCUT2D eigenvalue weighted by atomic mass is 32.2. The zero-order valence-electron chi connectivity index (χ0n) is 13.5. The molecule has 124 valence electrons. The second-order valence-electron chi connectivity index (χ2n) is 5.53. The fraction of sp³-hybridized carbons (Fsp3) is 0.375. The number of nitrogens with zero attached hydrogens (tertiary/aromatic N) is 2. The van der Waals surface area contributed by atoms with Crippen molar-refractivity contribution in [3.8, 4) is 5.69 Å². The van der Waals surface area contributed by atoms with E-state index < -0.39 is 9.84 Å². The highest BCUT2D eigenvalue weighted by molar-refractivity contribution is 7.91. The number of carbonyl (C=O) groups is 1. The molecule has 0 aliphatic carbocycles. The van der Waals surface area contributed by atoms with Gasteiger partial charge in [-0.1, -0.05) is 17.7 Å². The van der Waals surface area contributed by atoms with Gasteiger partial charge in [-0.3, -0.25) is 9.36 Å². The minimum atomic E-state index is -3.52. The van der Waals surface area contributed by atoms with E-state index in [9.17, 15) is 13.2 Å². The van der Waals surface area contributed by atoms with E-state index in [1.54, 1.807) is 10.8 Å². The molecule has 2 aromatic rings. The van der Waals surface area contributed by atoms with Crippen LogP contribution in [0, 0.1) is 13.8 Å². The number of nitrogens with one attached hydrogen (secondary N) is 1.